The van der Waals surface area contributed by atoms with Crippen molar-refractivity contribution in [2.24, 2.45) is 11.8 Å². The summed E-state index contributed by atoms with van der Waals surface area (Å²) in [6.07, 6.45) is 0. The first-order valence-corrected chi connectivity index (χ1v) is 8.82. The number of carbonyl (C=O) groups excluding carboxylic acids is 1. The Bertz CT molecular complexity index is 729. The van der Waals surface area contributed by atoms with E-state index in [2.05, 4.69) is 10.6 Å². The first-order chi connectivity index (χ1) is 12.3. The maximum atomic E-state index is 12.6. The van der Waals surface area contributed by atoms with Gasteiger partial charge in [-0.05, 0) is 29.5 Å². The van der Waals surface area contributed by atoms with Crippen LogP contribution in [0.25, 0.3) is 0 Å². The Balaban J connectivity index is 0.00000196. The summed E-state index contributed by atoms with van der Waals surface area (Å²) < 4.78 is 5.92. The summed E-state index contributed by atoms with van der Waals surface area (Å²) in [5.41, 5.74) is 1.82. The molecule has 0 aliphatic carbocycles. The Labute approximate surface area is 160 Å². The van der Waals surface area contributed by atoms with Crippen LogP contribution in [0, 0.1) is 11.8 Å². The fourth-order valence-electron chi connectivity index (χ4n) is 3.65. The number of rotatable bonds is 4. The van der Waals surface area contributed by atoms with Crippen molar-refractivity contribution < 1.29 is 9.53 Å². The second-order valence-corrected chi connectivity index (χ2v) is 6.78. The second kappa shape index (κ2) is 8.43. The lowest BCUT2D eigenvalue weighted by Gasteiger charge is -2.19. The van der Waals surface area contributed by atoms with Crippen LogP contribution in [0.3, 0.4) is 0 Å². The zero-order valence-corrected chi connectivity index (χ0v) is 15.4. The highest BCUT2D eigenvalue weighted by Gasteiger charge is 2.38. The maximum absolute atomic E-state index is 12.6. The molecule has 26 heavy (non-hydrogen) atoms. The summed E-state index contributed by atoms with van der Waals surface area (Å²) in [6, 6.07) is 17.6. The molecule has 2 atom stereocenters. The summed E-state index contributed by atoms with van der Waals surface area (Å²) in [5, 5.41) is 6.42. The number of ether oxygens (including phenoxy) is 1. The molecule has 2 amide bonds. The number of benzene rings is 2. The van der Waals surface area contributed by atoms with Crippen LogP contribution in [0.5, 0.6) is 5.75 Å². The lowest BCUT2D eigenvalue weighted by atomic mass is 10.0. The number of likely N-dealkylation sites (tertiary alicyclic amines) is 1. The number of hydrogen-bond acceptors (Lipinski definition) is 3. The van der Waals surface area contributed by atoms with Crippen molar-refractivity contribution in [3.8, 4) is 5.75 Å². The van der Waals surface area contributed by atoms with Crippen LogP contribution in [0.4, 0.5) is 10.5 Å². The number of anilines is 1. The van der Waals surface area contributed by atoms with E-state index in [1.54, 1.807) is 0 Å². The van der Waals surface area contributed by atoms with Crippen LogP contribution in [-0.4, -0.2) is 37.1 Å². The van der Waals surface area contributed by atoms with Crippen molar-refractivity contribution in [1.29, 1.82) is 0 Å². The Kier molecular flexibility index (Phi) is 6.01. The van der Waals surface area contributed by atoms with Crippen LogP contribution >= 0.6 is 12.4 Å². The van der Waals surface area contributed by atoms with Gasteiger partial charge in [0, 0.05) is 26.2 Å². The molecule has 0 aromatic heterocycles. The molecule has 2 saturated heterocycles. The van der Waals surface area contributed by atoms with Crippen LogP contribution in [-0.2, 0) is 6.61 Å². The van der Waals surface area contributed by atoms with E-state index in [1.807, 2.05) is 59.5 Å². The largest absolute Gasteiger partial charge is 0.487 e. The zero-order valence-electron chi connectivity index (χ0n) is 14.6. The monoisotopic (exact) mass is 373 g/mol. The molecule has 2 aliphatic rings. The number of nitrogens with zero attached hydrogens (tertiary/aromatic N) is 1. The summed E-state index contributed by atoms with van der Waals surface area (Å²) in [4.78, 5) is 14.5. The third kappa shape index (κ3) is 4.11. The third-order valence-electron chi connectivity index (χ3n) is 5.04. The molecule has 0 spiro atoms. The SMILES string of the molecule is Cl.O=C(Nc1ccccc1OCc1ccccc1)N1C[C@H]2CNC[C@H]2C1. The quantitative estimate of drug-likeness (QED) is 0.863. The van der Waals surface area contributed by atoms with E-state index >= 15 is 0 Å². The minimum atomic E-state index is -0.0369. The van der Waals surface area contributed by atoms with E-state index in [4.69, 9.17) is 4.74 Å². The molecular weight excluding hydrogens is 350 g/mol. The highest BCUT2D eigenvalue weighted by Crippen LogP contribution is 2.29. The average molecular weight is 374 g/mol. The number of carbonyl (C=O) groups is 1. The number of nitrogens with one attached hydrogen (secondary N) is 2. The summed E-state index contributed by atoms with van der Waals surface area (Å²) in [5.74, 6) is 1.88. The topological polar surface area (TPSA) is 53.6 Å². The van der Waals surface area contributed by atoms with Gasteiger partial charge in [-0.15, -0.1) is 12.4 Å². The predicted octanol–water partition coefficient (Wildman–Crippen LogP) is 3.37. The first kappa shape index (κ1) is 18.5. The fraction of sp³-hybridized carbons (Fsp3) is 0.350. The lowest BCUT2D eigenvalue weighted by molar-refractivity contribution is 0.219. The number of halogens is 1. The number of hydrogen-bond donors (Lipinski definition) is 2. The molecule has 0 unspecified atom stereocenters. The highest BCUT2D eigenvalue weighted by molar-refractivity contribution is 5.91. The van der Waals surface area contributed by atoms with Gasteiger partial charge < -0.3 is 20.3 Å². The molecule has 2 aliphatic heterocycles. The van der Waals surface area contributed by atoms with Crippen molar-refractivity contribution in [1.82, 2.24) is 10.2 Å². The maximum Gasteiger partial charge on any atom is 0.321 e. The average Bonchev–Trinajstić information content (AvgIpc) is 3.24. The number of para-hydroxylation sites is 2. The van der Waals surface area contributed by atoms with E-state index in [0.29, 0.717) is 24.2 Å². The molecule has 2 heterocycles. The Morgan fingerprint density at radius 1 is 1.04 bits per heavy atom. The smallest absolute Gasteiger partial charge is 0.321 e. The Morgan fingerprint density at radius 2 is 1.69 bits per heavy atom. The van der Waals surface area contributed by atoms with Crippen LogP contribution in [0.1, 0.15) is 5.56 Å². The van der Waals surface area contributed by atoms with E-state index < -0.39 is 0 Å². The number of urea groups is 1. The number of amides is 2. The van der Waals surface area contributed by atoms with Crippen molar-refractivity contribution >= 4 is 24.1 Å². The summed E-state index contributed by atoms with van der Waals surface area (Å²) in [6.45, 7) is 4.18. The van der Waals surface area contributed by atoms with Gasteiger partial charge in [-0.3, -0.25) is 0 Å². The van der Waals surface area contributed by atoms with E-state index in [9.17, 15) is 4.79 Å². The summed E-state index contributed by atoms with van der Waals surface area (Å²) >= 11 is 0. The van der Waals surface area contributed by atoms with Gasteiger partial charge in [0.25, 0.3) is 0 Å². The van der Waals surface area contributed by atoms with Gasteiger partial charge in [-0.1, -0.05) is 42.5 Å². The van der Waals surface area contributed by atoms with Gasteiger partial charge in [-0.25, -0.2) is 4.79 Å². The molecule has 2 fully saturated rings. The zero-order chi connectivity index (χ0) is 17.1. The standard InChI is InChI=1S/C20H23N3O2.ClH/c24-20(23-12-16-10-21-11-17(16)13-23)22-18-8-4-5-9-19(18)25-14-15-6-2-1-3-7-15;/h1-9,16-17,21H,10-14H2,(H,22,24);1H/t16-,17+;. The second-order valence-electron chi connectivity index (χ2n) is 6.78. The molecule has 2 aromatic carbocycles. The van der Waals surface area contributed by atoms with Gasteiger partial charge in [0.15, 0.2) is 0 Å². The minimum Gasteiger partial charge on any atom is -0.487 e. The molecule has 2 N–H and O–H groups in total. The Hall–Kier alpha value is -2.24. The highest BCUT2D eigenvalue weighted by atomic mass is 35.5. The van der Waals surface area contributed by atoms with E-state index in [-0.39, 0.29) is 18.4 Å². The molecule has 2 aromatic rings. The number of fused-ring (bicyclic) bond motifs is 1. The van der Waals surface area contributed by atoms with Crippen LogP contribution in [0.15, 0.2) is 54.6 Å². The molecule has 6 heteroatoms. The van der Waals surface area contributed by atoms with Gasteiger partial charge in [-0.2, -0.15) is 0 Å². The van der Waals surface area contributed by atoms with E-state index in [0.717, 1.165) is 37.4 Å². The first-order valence-electron chi connectivity index (χ1n) is 8.82. The molecule has 5 nitrogen and oxygen atoms in total. The van der Waals surface area contributed by atoms with Crippen LogP contribution in [0.2, 0.25) is 0 Å². The lowest BCUT2D eigenvalue weighted by Crippen LogP contribution is -2.35. The van der Waals surface area contributed by atoms with Gasteiger partial charge in [0.1, 0.15) is 12.4 Å². The Morgan fingerprint density at radius 3 is 2.42 bits per heavy atom. The normalized spacial score (nSPS) is 21.0. The van der Waals surface area contributed by atoms with Crippen molar-refractivity contribution in [3.05, 3.63) is 60.2 Å². The van der Waals surface area contributed by atoms with Crippen molar-refractivity contribution in [2.75, 3.05) is 31.5 Å². The molecule has 138 valence electrons. The molecule has 0 bridgehead atoms. The molecule has 0 saturated carbocycles. The molecular formula is C20H24ClN3O2. The minimum absolute atomic E-state index is 0. The van der Waals surface area contributed by atoms with Crippen LogP contribution < -0.4 is 15.4 Å². The van der Waals surface area contributed by atoms with E-state index in [1.165, 1.54) is 0 Å². The molecule has 4 rings (SSSR count). The van der Waals surface area contributed by atoms with Gasteiger partial charge in [0.2, 0.25) is 0 Å². The van der Waals surface area contributed by atoms with Crippen molar-refractivity contribution in [3.63, 3.8) is 0 Å². The summed E-state index contributed by atoms with van der Waals surface area (Å²) in [7, 11) is 0. The van der Waals surface area contributed by atoms with Crippen molar-refractivity contribution in [2.45, 2.75) is 6.61 Å². The molecule has 0 radical (unpaired) electrons. The fourth-order valence-corrected chi connectivity index (χ4v) is 3.65. The predicted molar refractivity (Wildman–Crippen MR) is 105 cm³/mol. The van der Waals surface area contributed by atoms with Gasteiger partial charge in [0.05, 0.1) is 5.69 Å². The third-order valence-corrected chi connectivity index (χ3v) is 5.04. The van der Waals surface area contributed by atoms with Gasteiger partial charge >= 0.3 is 6.03 Å².